The summed E-state index contributed by atoms with van der Waals surface area (Å²) < 4.78 is 0. The summed E-state index contributed by atoms with van der Waals surface area (Å²) in [7, 11) is 5.50. The average Bonchev–Trinajstić information content (AvgIpc) is 3.70. The van der Waals surface area contributed by atoms with Gasteiger partial charge in [-0.2, -0.15) is 0 Å². The summed E-state index contributed by atoms with van der Waals surface area (Å²) >= 11 is 4.53. The summed E-state index contributed by atoms with van der Waals surface area (Å²) in [5, 5.41) is 33.3. The second kappa shape index (κ2) is 8.92. The van der Waals surface area contributed by atoms with Crippen molar-refractivity contribution >= 4 is 84.8 Å². The summed E-state index contributed by atoms with van der Waals surface area (Å²) in [6.45, 7) is 1.00. The van der Waals surface area contributed by atoms with E-state index in [0.29, 0.717) is 22.5 Å². The van der Waals surface area contributed by atoms with E-state index < -0.39 is 79.4 Å². The van der Waals surface area contributed by atoms with Gasteiger partial charge in [0.15, 0.2) is 5.78 Å². The van der Waals surface area contributed by atoms with Crippen molar-refractivity contribution in [1.82, 2.24) is 19.6 Å². The number of hydrogen-bond acceptors (Lipinski definition) is 13. The van der Waals surface area contributed by atoms with Gasteiger partial charge in [0.25, 0.3) is 17.7 Å². The summed E-state index contributed by atoms with van der Waals surface area (Å²) in [5.41, 5.74) is -1.47. The van der Waals surface area contributed by atoms with E-state index in [1.807, 2.05) is 0 Å². The Morgan fingerprint density at radius 2 is 1.40 bits per heavy atom. The van der Waals surface area contributed by atoms with Crippen LogP contribution in [-0.4, -0.2) is 119 Å². The number of fused-ring (bicyclic) bond motifs is 11. The van der Waals surface area contributed by atoms with Gasteiger partial charge in [-0.25, -0.2) is 0 Å². The third-order valence-electron chi connectivity index (χ3n) is 11.5. The predicted octanol–water partition coefficient (Wildman–Crippen LogP) is 0.367. The van der Waals surface area contributed by atoms with Crippen LogP contribution in [0.4, 0.5) is 11.4 Å². The molecule has 8 heterocycles. The number of thiol groups is 1. The van der Waals surface area contributed by atoms with Gasteiger partial charge < -0.3 is 30.6 Å². The van der Waals surface area contributed by atoms with Crippen molar-refractivity contribution in [2.45, 2.75) is 56.9 Å². The largest absolute Gasteiger partial charge is 0.388 e. The SMILES string of the molecule is CC(=O)[C@@]12SS[C@]3(C(=O)N1C)[C@@H](O)[C@]1([C@@]45c6ccccc6N[C@@H]4N4C(=O)CN(C)C(=O)[C@@]4(SS)[C@H]5O)c4ccccc4N[C@@H]1N3C2=O. The number of piperazine rings is 2. The number of carbonyl (C=O) groups excluding carboxylic acids is 5. The highest BCUT2D eigenvalue weighted by Crippen LogP contribution is 2.76. The van der Waals surface area contributed by atoms with Gasteiger partial charge in [0.2, 0.25) is 20.5 Å². The number of nitrogens with one attached hydrogen (secondary N) is 2. The fraction of sp³-hybridized carbons (Fsp3) is 0.433. The van der Waals surface area contributed by atoms with Crippen LogP contribution in [0.2, 0.25) is 0 Å². The number of carbonyl (C=O) groups is 5. The Morgan fingerprint density at radius 3 is 1.98 bits per heavy atom. The minimum absolute atomic E-state index is 0.258. The minimum Gasteiger partial charge on any atom is -0.388 e. The zero-order chi connectivity index (χ0) is 33.2. The summed E-state index contributed by atoms with van der Waals surface area (Å²) in [6, 6.07) is 14.2. The number of aliphatic hydroxyl groups is 2. The van der Waals surface area contributed by atoms with Gasteiger partial charge in [0, 0.05) is 25.5 Å². The molecule has 2 aromatic rings. The lowest BCUT2D eigenvalue weighted by Crippen LogP contribution is -2.79. The third-order valence-corrected chi connectivity index (χ3v) is 16.9. The molecule has 2 bridgehead atoms. The number of Topliss-reactive ketones (excluding diaryl/α,β-unsaturated/α-hetero) is 1. The number of benzene rings is 2. The normalized spacial score (nSPS) is 42.1. The Morgan fingerprint density at radius 1 is 0.851 bits per heavy atom. The van der Waals surface area contributed by atoms with Gasteiger partial charge in [-0.15, -0.1) is 11.7 Å². The van der Waals surface area contributed by atoms with Crippen molar-refractivity contribution in [2.24, 2.45) is 0 Å². The molecule has 244 valence electrons. The van der Waals surface area contributed by atoms with Crippen LogP contribution < -0.4 is 10.6 Å². The molecule has 17 heteroatoms. The fourth-order valence-corrected chi connectivity index (χ4v) is 15.2. The number of amides is 4. The maximum absolute atomic E-state index is 14.8. The lowest BCUT2D eigenvalue weighted by atomic mass is 9.52. The maximum atomic E-state index is 14.8. The van der Waals surface area contributed by atoms with Gasteiger partial charge >= 0.3 is 0 Å². The number of anilines is 2. The molecular weight excluding hydrogens is 685 g/mol. The van der Waals surface area contributed by atoms with E-state index in [1.54, 1.807) is 48.5 Å². The zero-order valence-electron chi connectivity index (χ0n) is 25.0. The highest BCUT2D eigenvalue weighted by atomic mass is 33.1. The molecule has 8 aliphatic rings. The first kappa shape index (κ1) is 30.0. The average molecular weight is 713 g/mol. The van der Waals surface area contributed by atoms with Crippen molar-refractivity contribution in [3.63, 3.8) is 0 Å². The highest BCUT2D eigenvalue weighted by Gasteiger charge is 2.92. The maximum Gasteiger partial charge on any atom is 0.271 e. The fourth-order valence-electron chi connectivity index (χ4n) is 9.77. The summed E-state index contributed by atoms with van der Waals surface area (Å²) in [6.07, 6.45) is -5.81. The lowest BCUT2D eigenvalue weighted by molar-refractivity contribution is -0.169. The molecule has 6 saturated heterocycles. The zero-order valence-corrected chi connectivity index (χ0v) is 28.4. The number of rotatable bonds is 3. The highest BCUT2D eigenvalue weighted by molar-refractivity contribution is 8.78. The van der Waals surface area contributed by atoms with Crippen LogP contribution in [0.5, 0.6) is 0 Å². The van der Waals surface area contributed by atoms with E-state index in [-0.39, 0.29) is 6.54 Å². The van der Waals surface area contributed by atoms with Crippen LogP contribution in [0.1, 0.15) is 18.1 Å². The van der Waals surface area contributed by atoms with E-state index >= 15 is 0 Å². The van der Waals surface area contributed by atoms with Gasteiger partial charge in [0.05, 0.1) is 17.4 Å². The number of likely N-dealkylation sites (N-methyl/N-ethyl adjacent to an activating group) is 2. The second-order valence-corrected chi connectivity index (χ2v) is 16.9. The van der Waals surface area contributed by atoms with Crippen LogP contribution in [0.3, 0.4) is 0 Å². The standard InChI is InChI=1S/C30H28N6O7S4/c1-13(37)28-25(43)36-22-27(15-9-5-7-11-17(15)32-22,20(40)30(36,47-46-28)24(42)34(28)3)26-14-8-4-6-10-16(14)31-21(26)35-18(38)12-33(2)23(41)29(35,45-44)19(26)39/h4-11,19-22,31-32,39-40,44H,12H2,1-3H3/t19-,20-,21+,22+,26+,27+,28-,29-,30-/m0/s1. The molecule has 4 N–H and O–H groups in total. The first-order chi connectivity index (χ1) is 22.4. The third kappa shape index (κ3) is 2.67. The molecule has 0 unspecified atom stereocenters. The molecule has 0 aliphatic carbocycles. The van der Waals surface area contributed by atoms with Crippen LogP contribution in [-0.2, 0) is 34.8 Å². The first-order valence-electron chi connectivity index (χ1n) is 14.9. The quantitative estimate of drug-likeness (QED) is 0.169. The molecule has 10 rings (SSSR count). The predicted molar refractivity (Wildman–Crippen MR) is 178 cm³/mol. The van der Waals surface area contributed by atoms with Gasteiger partial charge in [-0.1, -0.05) is 47.2 Å². The molecular formula is C30H28N6O7S4. The Hall–Kier alpha value is -3.09. The topological polar surface area (TPSA) is 163 Å². The minimum atomic E-state index is -1.96. The Kier molecular flexibility index (Phi) is 5.70. The second-order valence-electron chi connectivity index (χ2n) is 13.0. The van der Waals surface area contributed by atoms with Crippen LogP contribution in [0, 0.1) is 0 Å². The smallest absolute Gasteiger partial charge is 0.271 e. The van der Waals surface area contributed by atoms with Crippen molar-refractivity contribution in [1.29, 1.82) is 0 Å². The van der Waals surface area contributed by atoms with Crippen molar-refractivity contribution in [3.8, 4) is 0 Å². The van der Waals surface area contributed by atoms with Crippen molar-refractivity contribution in [2.75, 3.05) is 31.3 Å². The van der Waals surface area contributed by atoms with E-state index in [0.717, 1.165) is 37.3 Å². The molecule has 13 nitrogen and oxygen atoms in total. The number of para-hydroxylation sites is 2. The Bertz CT molecular complexity index is 1900. The molecule has 0 saturated carbocycles. The number of aliphatic hydroxyl groups excluding tert-OH is 2. The molecule has 8 aliphatic heterocycles. The van der Waals surface area contributed by atoms with E-state index in [9.17, 15) is 34.2 Å². The Balaban J connectivity index is 1.43. The van der Waals surface area contributed by atoms with E-state index in [4.69, 9.17) is 0 Å². The summed E-state index contributed by atoms with van der Waals surface area (Å²) in [4.78, 5) is 70.4. The van der Waals surface area contributed by atoms with Gasteiger partial charge in [-0.3, -0.25) is 33.8 Å². The van der Waals surface area contributed by atoms with Crippen LogP contribution in [0.15, 0.2) is 48.5 Å². The lowest BCUT2D eigenvalue weighted by Gasteiger charge is -2.57. The molecule has 4 amide bonds. The Labute approximate surface area is 285 Å². The van der Waals surface area contributed by atoms with Gasteiger partial charge in [-0.05, 0) is 51.8 Å². The molecule has 1 spiro atoms. The van der Waals surface area contributed by atoms with Crippen LogP contribution in [0.25, 0.3) is 0 Å². The van der Waals surface area contributed by atoms with Gasteiger partial charge in [0.1, 0.15) is 24.5 Å². The molecule has 9 atom stereocenters. The monoisotopic (exact) mass is 712 g/mol. The summed E-state index contributed by atoms with van der Waals surface area (Å²) in [5.74, 6) is -2.87. The first-order valence-corrected chi connectivity index (χ1v) is 18.9. The molecule has 0 radical (unpaired) electrons. The number of hydrogen-bond donors (Lipinski definition) is 5. The van der Waals surface area contributed by atoms with E-state index in [1.165, 1.54) is 35.7 Å². The molecule has 6 fully saturated rings. The number of nitrogens with zero attached hydrogens (tertiary/aromatic N) is 4. The van der Waals surface area contributed by atoms with E-state index in [2.05, 4.69) is 22.3 Å². The van der Waals surface area contributed by atoms with Crippen LogP contribution >= 0.6 is 44.0 Å². The van der Waals surface area contributed by atoms with Crippen molar-refractivity contribution < 1.29 is 34.2 Å². The molecule has 0 aromatic heterocycles. The molecule has 2 aromatic carbocycles. The number of ketones is 1. The molecule has 47 heavy (non-hydrogen) atoms. The van der Waals surface area contributed by atoms with Crippen molar-refractivity contribution in [3.05, 3.63) is 59.7 Å².